The van der Waals surface area contributed by atoms with E-state index in [-0.39, 0.29) is 17.7 Å². The number of thioether (sulfide) groups is 1. The summed E-state index contributed by atoms with van der Waals surface area (Å²) in [5, 5.41) is 15.7. The van der Waals surface area contributed by atoms with Gasteiger partial charge in [-0.2, -0.15) is 5.10 Å². The Kier molecular flexibility index (Phi) is 6.24. The van der Waals surface area contributed by atoms with Crippen LogP contribution in [0, 0.1) is 6.92 Å². The van der Waals surface area contributed by atoms with Gasteiger partial charge in [0.2, 0.25) is 5.13 Å². The Bertz CT molecular complexity index is 1090. The number of morpholine rings is 1. The second-order valence-corrected chi connectivity index (χ2v) is 9.80. The SMILES string of the molecule is Cc1ccc(C2=NN(C(=O)CSc3nnc(N4CCOCC4)s3)C(c3ccco3)C2)cc1. The maximum atomic E-state index is 13.1. The molecule has 3 aromatic rings. The van der Waals surface area contributed by atoms with Crippen molar-refractivity contribution in [1.82, 2.24) is 15.2 Å². The Balaban J connectivity index is 1.29. The average molecular weight is 470 g/mol. The second kappa shape index (κ2) is 9.43. The zero-order valence-corrected chi connectivity index (χ0v) is 19.3. The molecule has 1 aromatic carbocycles. The van der Waals surface area contributed by atoms with Gasteiger partial charge in [-0.25, -0.2) is 5.01 Å². The van der Waals surface area contributed by atoms with E-state index in [1.165, 1.54) is 28.7 Å². The Hall–Kier alpha value is -2.69. The number of aryl methyl sites for hydroxylation is 1. The third-order valence-corrected chi connectivity index (χ3v) is 7.52. The van der Waals surface area contributed by atoms with Crippen molar-refractivity contribution >= 4 is 39.8 Å². The largest absolute Gasteiger partial charge is 0.467 e. The molecule has 1 fully saturated rings. The van der Waals surface area contributed by atoms with Crippen LogP contribution in [0.3, 0.4) is 0 Å². The van der Waals surface area contributed by atoms with Crippen molar-refractivity contribution in [2.24, 2.45) is 5.10 Å². The van der Waals surface area contributed by atoms with Crippen LogP contribution in [0.25, 0.3) is 0 Å². The van der Waals surface area contributed by atoms with Gasteiger partial charge in [-0.15, -0.1) is 10.2 Å². The number of benzene rings is 1. The zero-order chi connectivity index (χ0) is 21.9. The molecule has 1 saturated heterocycles. The first-order valence-corrected chi connectivity index (χ1v) is 12.3. The minimum atomic E-state index is -0.243. The van der Waals surface area contributed by atoms with Gasteiger partial charge in [0.1, 0.15) is 11.8 Å². The van der Waals surface area contributed by atoms with Crippen LogP contribution in [0.15, 0.2) is 56.5 Å². The molecule has 1 unspecified atom stereocenters. The van der Waals surface area contributed by atoms with Gasteiger partial charge in [0, 0.05) is 19.5 Å². The maximum absolute atomic E-state index is 13.1. The number of hydrogen-bond acceptors (Lipinski definition) is 9. The Morgan fingerprint density at radius 2 is 2.00 bits per heavy atom. The van der Waals surface area contributed by atoms with Gasteiger partial charge in [-0.05, 0) is 24.6 Å². The Labute approximate surface area is 194 Å². The summed E-state index contributed by atoms with van der Waals surface area (Å²) in [4.78, 5) is 15.3. The molecule has 0 aliphatic carbocycles. The highest BCUT2D eigenvalue weighted by molar-refractivity contribution is 8.01. The third kappa shape index (κ3) is 4.57. The standard InChI is InChI=1S/C22H23N5O3S2/c1-15-4-6-16(7-5-15)17-13-18(19-3-2-10-30-19)27(25-17)20(28)14-31-22-24-23-21(32-22)26-8-11-29-12-9-26/h2-7,10,18H,8-9,11-14H2,1H3. The van der Waals surface area contributed by atoms with Crippen LogP contribution in [0.2, 0.25) is 0 Å². The summed E-state index contributed by atoms with van der Waals surface area (Å²) in [6.45, 7) is 5.08. The number of furan rings is 1. The van der Waals surface area contributed by atoms with Gasteiger partial charge in [0.05, 0.1) is 30.9 Å². The molecule has 0 N–H and O–H groups in total. The number of ether oxygens (including phenoxy) is 1. The molecule has 2 aromatic heterocycles. The van der Waals surface area contributed by atoms with Gasteiger partial charge in [0.15, 0.2) is 4.34 Å². The summed E-state index contributed by atoms with van der Waals surface area (Å²) >= 11 is 2.90. The van der Waals surface area contributed by atoms with Crippen LogP contribution in [-0.4, -0.2) is 58.9 Å². The van der Waals surface area contributed by atoms with E-state index in [9.17, 15) is 4.79 Å². The monoisotopic (exact) mass is 469 g/mol. The summed E-state index contributed by atoms with van der Waals surface area (Å²) in [5.41, 5.74) is 3.09. The first-order valence-electron chi connectivity index (χ1n) is 10.5. The smallest absolute Gasteiger partial charge is 0.253 e. The molecule has 1 atom stereocenters. The van der Waals surface area contributed by atoms with Crippen LogP contribution in [0.1, 0.15) is 29.3 Å². The highest BCUT2D eigenvalue weighted by atomic mass is 32.2. The molecular weight excluding hydrogens is 446 g/mol. The number of hydrogen-bond donors (Lipinski definition) is 0. The molecule has 166 valence electrons. The molecule has 0 spiro atoms. The third-order valence-electron chi connectivity index (χ3n) is 5.42. The highest BCUT2D eigenvalue weighted by Crippen LogP contribution is 2.35. The van der Waals surface area contributed by atoms with Crippen molar-refractivity contribution in [2.75, 3.05) is 37.0 Å². The number of carbonyl (C=O) groups is 1. The van der Waals surface area contributed by atoms with Gasteiger partial charge in [-0.1, -0.05) is 52.9 Å². The Morgan fingerprint density at radius 3 is 2.75 bits per heavy atom. The molecule has 2 aliphatic rings. The molecule has 0 radical (unpaired) electrons. The summed E-state index contributed by atoms with van der Waals surface area (Å²) < 4.78 is 11.8. The number of anilines is 1. The molecule has 1 amide bonds. The van der Waals surface area contributed by atoms with Crippen molar-refractivity contribution < 1.29 is 13.9 Å². The molecule has 32 heavy (non-hydrogen) atoms. The molecule has 0 saturated carbocycles. The van der Waals surface area contributed by atoms with Gasteiger partial charge in [0.25, 0.3) is 5.91 Å². The topological polar surface area (TPSA) is 84.1 Å². The van der Waals surface area contributed by atoms with E-state index in [0.29, 0.717) is 19.6 Å². The predicted octanol–water partition coefficient (Wildman–Crippen LogP) is 3.75. The highest BCUT2D eigenvalue weighted by Gasteiger charge is 2.34. The van der Waals surface area contributed by atoms with Crippen molar-refractivity contribution in [2.45, 2.75) is 23.7 Å². The predicted molar refractivity (Wildman–Crippen MR) is 124 cm³/mol. The fourth-order valence-corrected chi connectivity index (χ4v) is 5.44. The number of nitrogens with zero attached hydrogens (tertiary/aromatic N) is 5. The van der Waals surface area contributed by atoms with Gasteiger partial charge in [-0.3, -0.25) is 4.79 Å². The second-order valence-electron chi connectivity index (χ2n) is 7.63. The summed E-state index contributed by atoms with van der Waals surface area (Å²) in [7, 11) is 0. The Morgan fingerprint density at radius 1 is 1.19 bits per heavy atom. The first kappa shape index (κ1) is 21.2. The van der Waals surface area contributed by atoms with Crippen LogP contribution in [0.4, 0.5) is 5.13 Å². The quantitative estimate of drug-likeness (QED) is 0.509. The van der Waals surface area contributed by atoms with E-state index in [4.69, 9.17) is 9.15 Å². The van der Waals surface area contributed by atoms with Crippen LogP contribution in [-0.2, 0) is 9.53 Å². The number of rotatable bonds is 6. The number of carbonyl (C=O) groups excluding carboxylic acids is 1. The zero-order valence-electron chi connectivity index (χ0n) is 17.6. The van der Waals surface area contributed by atoms with E-state index >= 15 is 0 Å². The molecular formula is C22H23N5O3S2. The molecule has 8 nitrogen and oxygen atoms in total. The van der Waals surface area contributed by atoms with Crippen LogP contribution >= 0.6 is 23.1 Å². The first-order chi connectivity index (χ1) is 15.7. The lowest BCUT2D eigenvalue weighted by Gasteiger charge is -2.25. The van der Waals surface area contributed by atoms with Gasteiger partial charge >= 0.3 is 0 Å². The van der Waals surface area contributed by atoms with Crippen LogP contribution < -0.4 is 4.90 Å². The summed E-state index contributed by atoms with van der Waals surface area (Å²) in [6.07, 6.45) is 2.25. The number of hydrazone groups is 1. The fraction of sp³-hybridized carbons (Fsp3) is 0.364. The summed E-state index contributed by atoms with van der Waals surface area (Å²) in [6, 6.07) is 11.7. The molecule has 2 aliphatic heterocycles. The van der Waals surface area contributed by atoms with E-state index < -0.39 is 0 Å². The lowest BCUT2D eigenvalue weighted by atomic mass is 10.0. The number of aromatic nitrogens is 2. The van der Waals surface area contributed by atoms with E-state index in [1.54, 1.807) is 11.3 Å². The molecule has 10 heteroatoms. The van der Waals surface area contributed by atoms with Crippen LogP contribution in [0.5, 0.6) is 0 Å². The van der Waals surface area contributed by atoms with Gasteiger partial charge < -0.3 is 14.1 Å². The average Bonchev–Trinajstić information content (AvgIpc) is 3.59. The lowest BCUT2D eigenvalue weighted by Crippen LogP contribution is -2.36. The van der Waals surface area contributed by atoms with Crippen molar-refractivity contribution in [1.29, 1.82) is 0 Å². The van der Waals surface area contributed by atoms with E-state index in [0.717, 1.165) is 39.6 Å². The molecule has 0 bridgehead atoms. The summed E-state index contributed by atoms with van der Waals surface area (Å²) in [5.74, 6) is 0.890. The number of amides is 1. The fourth-order valence-electron chi connectivity index (χ4n) is 3.70. The van der Waals surface area contributed by atoms with Crippen molar-refractivity contribution in [3.63, 3.8) is 0 Å². The minimum Gasteiger partial charge on any atom is -0.467 e. The van der Waals surface area contributed by atoms with Crippen molar-refractivity contribution in [3.8, 4) is 0 Å². The minimum absolute atomic E-state index is 0.0818. The van der Waals surface area contributed by atoms with Crippen molar-refractivity contribution in [3.05, 3.63) is 59.5 Å². The molecule has 4 heterocycles. The van der Waals surface area contributed by atoms with E-state index in [2.05, 4.69) is 39.3 Å². The molecule has 5 rings (SSSR count). The normalized spacial score (nSPS) is 18.8. The van der Waals surface area contributed by atoms with E-state index in [1.807, 2.05) is 24.3 Å². The lowest BCUT2D eigenvalue weighted by molar-refractivity contribution is -0.130. The maximum Gasteiger partial charge on any atom is 0.253 e.